The molecule has 0 spiro atoms. The zero-order chi connectivity index (χ0) is 20.5. The first-order valence-corrected chi connectivity index (χ1v) is 9.45. The Morgan fingerprint density at radius 1 is 1.20 bits per heavy atom. The molecule has 3 aromatic heterocycles. The number of benzene rings is 1. The molecule has 0 unspecified atom stereocenters. The normalized spacial score (nSPS) is 13.1. The molecular formula is C20H17N8O2+. The molecule has 4 heterocycles. The van der Waals surface area contributed by atoms with Crippen molar-refractivity contribution in [1.82, 2.24) is 24.7 Å². The number of rotatable bonds is 4. The van der Waals surface area contributed by atoms with Crippen molar-refractivity contribution in [3.8, 4) is 28.9 Å². The highest BCUT2D eigenvalue weighted by molar-refractivity contribution is 5.57. The molecule has 30 heavy (non-hydrogen) atoms. The maximum absolute atomic E-state index is 11.7. The van der Waals surface area contributed by atoms with Crippen LogP contribution in [0.1, 0.15) is 12.0 Å². The van der Waals surface area contributed by atoms with Gasteiger partial charge in [-0.2, -0.15) is 5.26 Å². The van der Waals surface area contributed by atoms with E-state index in [1.54, 1.807) is 35.5 Å². The van der Waals surface area contributed by atoms with Crippen molar-refractivity contribution in [3.05, 3.63) is 64.8 Å². The predicted molar refractivity (Wildman–Crippen MR) is 105 cm³/mol. The van der Waals surface area contributed by atoms with Gasteiger partial charge < -0.3 is 9.88 Å². The van der Waals surface area contributed by atoms with Gasteiger partial charge >= 0.3 is 12.2 Å². The molecule has 0 atom stereocenters. The molecule has 10 heteroatoms. The van der Waals surface area contributed by atoms with Gasteiger partial charge in [0.2, 0.25) is 18.2 Å². The van der Waals surface area contributed by atoms with E-state index in [1.807, 2.05) is 21.6 Å². The van der Waals surface area contributed by atoms with Gasteiger partial charge in [0.25, 0.3) is 0 Å². The Labute approximate surface area is 170 Å². The van der Waals surface area contributed by atoms with Crippen molar-refractivity contribution in [2.24, 2.45) is 0 Å². The van der Waals surface area contributed by atoms with E-state index < -0.39 is 0 Å². The molecule has 1 N–H and O–H groups in total. The van der Waals surface area contributed by atoms with Crippen LogP contribution in [-0.4, -0.2) is 31.3 Å². The molecule has 1 aliphatic rings. The van der Waals surface area contributed by atoms with Crippen LogP contribution >= 0.6 is 0 Å². The molecule has 4 aromatic rings. The quantitative estimate of drug-likeness (QED) is 0.512. The average molecular weight is 401 g/mol. The van der Waals surface area contributed by atoms with E-state index in [0.29, 0.717) is 29.9 Å². The maximum atomic E-state index is 11.7. The fraction of sp³-hybridized carbons (Fsp3) is 0.200. The minimum atomic E-state index is -0.178. The van der Waals surface area contributed by atoms with E-state index in [-0.39, 0.29) is 5.56 Å². The summed E-state index contributed by atoms with van der Waals surface area (Å²) in [6, 6.07) is 12.6. The molecule has 0 amide bonds. The van der Waals surface area contributed by atoms with Gasteiger partial charge in [-0.05, 0) is 40.4 Å². The lowest BCUT2D eigenvalue weighted by Gasteiger charge is -2.26. The van der Waals surface area contributed by atoms with Gasteiger partial charge in [0.05, 0.1) is 17.2 Å². The molecule has 148 valence electrons. The van der Waals surface area contributed by atoms with Crippen molar-refractivity contribution in [2.45, 2.75) is 19.6 Å². The van der Waals surface area contributed by atoms with Crippen molar-refractivity contribution in [1.29, 1.82) is 5.26 Å². The second kappa shape index (κ2) is 7.29. The summed E-state index contributed by atoms with van der Waals surface area (Å²) in [5, 5.41) is 17.7. The molecular weight excluding hydrogens is 384 g/mol. The van der Waals surface area contributed by atoms with Crippen LogP contribution in [0.15, 0.2) is 58.2 Å². The number of anilines is 1. The van der Waals surface area contributed by atoms with Gasteiger partial charge in [0.15, 0.2) is 5.82 Å². The summed E-state index contributed by atoms with van der Waals surface area (Å²) in [6.07, 6.45) is 4.13. The van der Waals surface area contributed by atoms with E-state index in [4.69, 9.17) is 9.78 Å². The highest BCUT2D eigenvalue weighted by atomic mass is 16.5. The molecule has 0 fully saturated rings. The zero-order valence-corrected chi connectivity index (χ0v) is 15.9. The predicted octanol–water partition coefficient (Wildman–Crippen LogP) is 1.32. The molecule has 0 saturated carbocycles. The minimum absolute atomic E-state index is 0.178. The zero-order valence-electron chi connectivity index (χ0n) is 15.9. The standard InChI is InChI=1S/C20H16N8O2/c21-11-14-3-1-4-16(9-14)19-23-12-27(30-19)13-26-7-2-8-28-18(24-25-20(26)28)15-5-6-22-17(29)10-15/h1,3-6,9-10,12H,2,7-8,13H2/p+1. The van der Waals surface area contributed by atoms with Crippen LogP contribution in [0, 0.1) is 11.3 Å². The van der Waals surface area contributed by atoms with Gasteiger partial charge in [0.1, 0.15) is 0 Å². The van der Waals surface area contributed by atoms with Gasteiger partial charge in [-0.3, -0.25) is 13.9 Å². The lowest BCUT2D eigenvalue weighted by Crippen LogP contribution is -2.45. The SMILES string of the molecule is N#Cc1cccc(-c2nc[n+](CN3CCCn4c(-c5cc[nH]c(=O)c5)nnc43)o2)c1. The fourth-order valence-electron chi connectivity index (χ4n) is 3.54. The van der Waals surface area contributed by atoms with E-state index in [2.05, 4.69) is 26.2 Å². The first-order valence-electron chi connectivity index (χ1n) is 9.45. The highest BCUT2D eigenvalue weighted by Crippen LogP contribution is 2.25. The molecule has 0 aliphatic carbocycles. The Hall–Kier alpha value is -4.26. The second-order valence-corrected chi connectivity index (χ2v) is 6.93. The summed E-state index contributed by atoms with van der Waals surface area (Å²) in [4.78, 5) is 20.6. The van der Waals surface area contributed by atoms with Crippen molar-refractivity contribution in [3.63, 3.8) is 0 Å². The number of hydrogen-bond acceptors (Lipinski definition) is 7. The number of hydrogen-bond donors (Lipinski definition) is 1. The molecule has 1 aromatic carbocycles. The number of pyridine rings is 1. The summed E-state index contributed by atoms with van der Waals surface area (Å²) >= 11 is 0. The highest BCUT2D eigenvalue weighted by Gasteiger charge is 2.26. The number of aromatic amines is 1. The third kappa shape index (κ3) is 3.22. The Morgan fingerprint density at radius 2 is 2.13 bits per heavy atom. The van der Waals surface area contributed by atoms with E-state index in [1.165, 1.54) is 6.07 Å². The monoisotopic (exact) mass is 401 g/mol. The van der Waals surface area contributed by atoms with Gasteiger partial charge in [-0.25, -0.2) is 0 Å². The number of aromatic nitrogens is 6. The first-order chi connectivity index (χ1) is 14.7. The van der Waals surface area contributed by atoms with Crippen molar-refractivity contribution < 1.29 is 9.26 Å². The number of nitriles is 1. The minimum Gasteiger partial charge on any atom is -0.329 e. The molecule has 10 nitrogen and oxygen atoms in total. The average Bonchev–Trinajstić information content (AvgIpc) is 3.42. The summed E-state index contributed by atoms with van der Waals surface area (Å²) in [7, 11) is 0. The number of nitrogens with zero attached hydrogens (tertiary/aromatic N) is 7. The maximum Gasteiger partial charge on any atom is 0.384 e. The fourth-order valence-corrected chi connectivity index (χ4v) is 3.54. The summed E-state index contributed by atoms with van der Waals surface area (Å²) in [5.41, 5.74) is 1.84. The Bertz CT molecular complexity index is 1310. The Balaban J connectivity index is 1.41. The van der Waals surface area contributed by atoms with Crippen molar-refractivity contribution >= 4 is 5.95 Å². The van der Waals surface area contributed by atoms with Crippen LogP contribution in [0.4, 0.5) is 5.95 Å². The molecule has 1 aliphatic heterocycles. The first kappa shape index (κ1) is 17.8. The lowest BCUT2D eigenvalue weighted by molar-refractivity contribution is -0.862. The number of H-pyrrole nitrogens is 1. The molecule has 0 saturated heterocycles. The molecule has 0 bridgehead atoms. The van der Waals surface area contributed by atoms with Crippen LogP contribution < -0.4 is 15.2 Å². The molecule has 5 rings (SSSR count). The number of nitrogens with one attached hydrogen (secondary N) is 1. The Kier molecular flexibility index (Phi) is 4.33. The van der Waals surface area contributed by atoms with Crippen molar-refractivity contribution in [2.75, 3.05) is 11.4 Å². The van der Waals surface area contributed by atoms with Gasteiger partial charge in [-0.15, -0.1) is 10.2 Å². The second-order valence-electron chi connectivity index (χ2n) is 6.93. The smallest absolute Gasteiger partial charge is 0.329 e. The van der Waals surface area contributed by atoms with Crippen LogP contribution in [-0.2, 0) is 13.2 Å². The lowest BCUT2D eigenvalue weighted by atomic mass is 10.1. The van der Waals surface area contributed by atoms with Crippen LogP contribution in [0.5, 0.6) is 0 Å². The Morgan fingerprint density at radius 3 is 3.00 bits per heavy atom. The largest absolute Gasteiger partial charge is 0.384 e. The number of fused-ring (bicyclic) bond motifs is 1. The van der Waals surface area contributed by atoms with E-state index >= 15 is 0 Å². The topological polar surface area (TPSA) is 121 Å². The summed E-state index contributed by atoms with van der Waals surface area (Å²) in [6.45, 7) is 1.98. The van der Waals surface area contributed by atoms with Gasteiger partial charge in [0, 0.05) is 30.9 Å². The van der Waals surface area contributed by atoms with Crippen LogP contribution in [0.25, 0.3) is 22.8 Å². The van der Waals surface area contributed by atoms with E-state index in [9.17, 15) is 4.79 Å². The van der Waals surface area contributed by atoms with Crippen LogP contribution in [0.3, 0.4) is 0 Å². The summed E-state index contributed by atoms with van der Waals surface area (Å²) < 4.78 is 9.47. The summed E-state index contributed by atoms with van der Waals surface area (Å²) in [5.74, 6) is 1.82. The van der Waals surface area contributed by atoms with Crippen LogP contribution in [0.2, 0.25) is 0 Å². The third-order valence-corrected chi connectivity index (χ3v) is 4.91. The van der Waals surface area contributed by atoms with Gasteiger partial charge in [-0.1, -0.05) is 6.07 Å². The molecule has 0 radical (unpaired) electrons. The van der Waals surface area contributed by atoms with E-state index in [0.717, 1.165) is 30.6 Å². The third-order valence-electron chi connectivity index (χ3n) is 4.91.